The Hall–Kier alpha value is -1.59. The number of rotatable bonds is 16. The summed E-state index contributed by atoms with van der Waals surface area (Å²) in [5, 5.41) is 15.1. The highest BCUT2D eigenvalue weighted by atomic mass is 16.4. The highest BCUT2D eigenvalue weighted by Crippen LogP contribution is 2.17. The molecule has 0 fully saturated rings. The van der Waals surface area contributed by atoms with Crippen molar-refractivity contribution in [1.82, 2.24) is 10.6 Å². The third-order valence-electron chi connectivity index (χ3n) is 4.91. The third-order valence-corrected chi connectivity index (χ3v) is 4.91. The first-order valence-electron chi connectivity index (χ1n) is 10.7. The van der Waals surface area contributed by atoms with Crippen LogP contribution in [0, 0.1) is 5.92 Å². The van der Waals surface area contributed by atoms with Crippen molar-refractivity contribution < 1.29 is 19.5 Å². The Morgan fingerprint density at radius 3 is 2.00 bits per heavy atom. The highest BCUT2D eigenvalue weighted by molar-refractivity contribution is 5.91. The zero-order chi connectivity index (χ0) is 20.7. The summed E-state index contributed by atoms with van der Waals surface area (Å²) in [4.78, 5) is 36.9. The van der Waals surface area contributed by atoms with Gasteiger partial charge in [0.1, 0.15) is 0 Å². The zero-order valence-corrected chi connectivity index (χ0v) is 17.7. The number of carbonyl (C=O) groups excluding carboxylic acids is 2. The minimum Gasteiger partial charge on any atom is -0.478 e. The number of amides is 2. The maximum absolute atomic E-state index is 12.6. The number of aliphatic carboxylic acids is 1. The summed E-state index contributed by atoms with van der Waals surface area (Å²) in [6.45, 7) is 7.95. The molecule has 27 heavy (non-hydrogen) atoms. The molecule has 0 aromatic carbocycles. The molecule has 0 aliphatic rings. The van der Waals surface area contributed by atoms with Crippen LogP contribution in [0.4, 0.5) is 0 Å². The van der Waals surface area contributed by atoms with E-state index in [1.165, 1.54) is 0 Å². The fourth-order valence-corrected chi connectivity index (χ4v) is 2.99. The molecular weight excluding hydrogens is 344 g/mol. The lowest BCUT2D eigenvalue weighted by atomic mass is 9.97. The fraction of sp³-hybridized carbons (Fsp3) is 0.857. The Morgan fingerprint density at radius 1 is 0.852 bits per heavy atom. The van der Waals surface area contributed by atoms with Crippen molar-refractivity contribution in [3.8, 4) is 0 Å². The van der Waals surface area contributed by atoms with Crippen molar-refractivity contribution in [2.75, 3.05) is 0 Å². The number of hydrogen-bond donors (Lipinski definition) is 3. The van der Waals surface area contributed by atoms with Gasteiger partial charge in [-0.15, -0.1) is 0 Å². The minimum atomic E-state index is -1.71. The topological polar surface area (TPSA) is 95.5 Å². The molecule has 3 N–H and O–H groups in total. The van der Waals surface area contributed by atoms with Crippen LogP contribution in [-0.2, 0) is 14.4 Å². The predicted octanol–water partition coefficient (Wildman–Crippen LogP) is 4.38. The molecule has 0 heterocycles. The second kappa shape index (κ2) is 14.5. The van der Waals surface area contributed by atoms with Gasteiger partial charge in [-0.05, 0) is 19.3 Å². The molecular formula is C21H40N2O4. The molecule has 158 valence electrons. The van der Waals surface area contributed by atoms with Crippen molar-refractivity contribution in [2.45, 2.75) is 110 Å². The van der Waals surface area contributed by atoms with Crippen LogP contribution < -0.4 is 10.6 Å². The molecule has 2 atom stereocenters. The van der Waals surface area contributed by atoms with Gasteiger partial charge in [0, 0.05) is 18.8 Å². The second-order valence-electron chi connectivity index (χ2n) is 7.56. The predicted molar refractivity (Wildman–Crippen MR) is 108 cm³/mol. The van der Waals surface area contributed by atoms with Gasteiger partial charge in [-0.3, -0.25) is 9.59 Å². The smallest absolute Gasteiger partial charge is 0.350 e. The van der Waals surface area contributed by atoms with E-state index in [0.29, 0.717) is 12.8 Å². The Kier molecular flexibility index (Phi) is 13.6. The molecule has 0 aliphatic carbocycles. The van der Waals surface area contributed by atoms with Crippen molar-refractivity contribution >= 4 is 17.8 Å². The van der Waals surface area contributed by atoms with Crippen LogP contribution in [0.25, 0.3) is 0 Å². The van der Waals surface area contributed by atoms with Gasteiger partial charge in [0.15, 0.2) is 0 Å². The van der Waals surface area contributed by atoms with Crippen LogP contribution in [0.1, 0.15) is 105 Å². The van der Waals surface area contributed by atoms with Crippen molar-refractivity contribution in [1.29, 1.82) is 0 Å². The monoisotopic (exact) mass is 384 g/mol. The van der Waals surface area contributed by atoms with Gasteiger partial charge in [-0.1, -0.05) is 72.6 Å². The van der Waals surface area contributed by atoms with Crippen LogP contribution in [0.3, 0.4) is 0 Å². The van der Waals surface area contributed by atoms with E-state index in [0.717, 1.165) is 51.4 Å². The van der Waals surface area contributed by atoms with Crippen LogP contribution in [0.15, 0.2) is 0 Å². The normalized spacial score (nSPS) is 14.2. The van der Waals surface area contributed by atoms with Crippen LogP contribution >= 0.6 is 0 Å². The number of carboxylic acid groups (broad SMARTS) is 1. The largest absolute Gasteiger partial charge is 0.478 e. The second-order valence-corrected chi connectivity index (χ2v) is 7.56. The molecule has 0 saturated heterocycles. The maximum atomic E-state index is 12.6. The van der Waals surface area contributed by atoms with Gasteiger partial charge in [0.2, 0.25) is 17.5 Å². The molecule has 0 spiro atoms. The van der Waals surface area contributed by atoms with Crippen molar-refractivity contribution in [3.05, 3.63) is 0 Å². The molecule has 0 aromatic rings. The molecule has 0 saturated carbocycles. The van der Waals surface area contributed by atoms with Gasteiger partial charge < -0.3 is 15.7 Å². The SMILES string of the molecule is CCCCCCC(C)C(=O)NC(CCCC)(NC(=O)CCCCC)C(=O)O. The summed E-state index contributed by atoms with van der Waals surface area (Å²) in [6, 6.07) is 0. The quantitative estimate of drug-likeness (QED) is 0.272. The molecule has 2 unspecified atom stereocenters. The van der Waals surface area contributed by atoms with E-state index < -0.39 is 11.6 Å². The standard InChI is InChI=1S/C21H40N2O4/c1-5-8-11-13-14-17(4)19(25)23-21(20(26)27,16-10-7-3)22-18(24)15-12-9-6-2/h17H,5-16H2,1-4H3,(H,22,24)(H,23,25)(H,26,27). The number of carboxylic acids is 1. The van der Waals surface area contributed by atoms with E-state index in [1.807, 2.05) is 20.8 Å². The summed E-state index contributed by atoms with van der Waals surface area (Å²) in [7, 11) is 0. The molecule has 6 heteroatoms. The lowest BCUT2D eigenvalue weighted by molar-refractivity contribution is -0.153. The molecule has 0 aromatic heterocycles. The van der Waals surface area contributed by atoms with Gasteiger partial charge in [0.05, 0.1) is 0 Å². The highest BCUT2D eigenvalue weighted by Gasteiger charge is 2.41. The number of unbranched alkanes of at least 4 members (excludes halogenated alkanes) is 6. The zero-order valence-electron chi connectivity index (χ0n) is 17.7. The first-order chi connectivity index (χ1) is 12.8. The summed E-state index contributed by atoms with van der Waals surface area (Å²) >= 11 is 0. The van der Waals surface area contributed by atoms with Crippen molar-refractivity contribution in [2.24, 2.45) is 5.92 Å². The molecule has 0 bridgehead atoms. The summed E-state index contributed by atoms with van der Waals surface area (Å²) < 4.78 is 0. The van der Waals surface area contributed by atoms with Crippen LogP contribution in [0.5, 0.6) is 0 Å². The van der Waals surface area contributed by atoms with Gasteiger partial charge in [-0.25, -0.2) is 4.79 Å². The van der Waals surface area contributed by atoms with E-state index >= 15 is 0 Å². The van der Waals surface area contributed by atoms with E-state index in [-0.39, 0.29) is 30.6 Å². The molecule has 6 nitrogen and oxygen atoms in total. The Labute approximate surface area is 164 Å². The number of carbonyl (C=O) groups is 3. The third kappa shape index (κ3) is 10.4. The molecule has 0 aliphatic heterocycles. The van der Waals surface area contributed by atoms with E-state index in [2.05, 4.69) is 17.6 Å². The fourth-order valence-electron chi connectivity index (χ4n) is 2.99. The first-order valence-corrected chi connectivity index (χ1v) is 10.7. The van der Waals surface area contributed by atoms with E-state index in [4.69, 9.17) is 0 Å². The number of hydrogen-bond acceptors (Lipinski definition) is 3. The maximum Gasteiger partial charge on any atom is 0.350 e. The van der Waals surface area contributed by atoms with Gasteiger partial charge >= 0.3 is 5.97 Å². The first kappa shape index (κ1) is 25.4. The Balaban J connectivity index is 5.02. The number of nitrogens with one attached hydrogen (secondary N) is 2. The lowest BCUT2D eigenvalue weighted by Crippen LogP contribution is -2.66. The van der Waals surface area contributed by atoms with Gasteiger partial charge in [-0.2, -0.15) is 0 Å². The van der Waals surface area contributed by atoms with Crippen LogP contribution in [-0.4, -0.2) is 28.6 Å². The van der Waals surface area contributed by atoms with Crippen LogP contribution in [0.2, 0.25) is 0 Å². The molecule has 2 amide bonds. The van der Waals surface area contributed by atoms with Gasteiger partial charge in [0.25, 0.3) is 0 Å². The summed E-state index contributed by atoms with van der Waals surface area (Å²) in [6.07, 6.45) is 9.47. The summed E-state index contributed by atoms with van der Waals surface area (Å²) in [5.74, 6) is -2.11. The molecule has 0 rings (SSSR count). The average Bonchev–Trinajstić information content (AvgIpc) is 2.63. The Morgan fingerprint density at radius 2 is 1.44 bits per heavy atom. The average molecular weight is 385 g/mol. The minimum absolute atomic E-state index is 0.187. The van der Waals surface area contributed by atoms with Crippen molar-refractivity contribution in [3.63, 3.8) is 0 Å². The lowest BCUT2D eigenvalue weighted by Gasteiger charge is -2.32. The van der Waals surface area contributed by atoms with E-state index in [1.54, 1.807) is 0 Å². The Bertz CT molecular complexity index is 453. The van der Waals surface area contributed by atoms with E-state index in [9.17, 15) is 19.5 Å². The summed E-state index contributed by atoms with van der Waals surface area (Å²) in [5.41, 5.74) is -1.71. The molecule has 0 radical (unpaired) electrons.